The summed E-state index contributed by atoms with van der Waals surface area (Å²) in [6, 6.07) is 21.9. The summed E-state index contributed by atoms with van der Waals surface area (Å²) in [7, 11) is 0. The fourth-order valence-corrected chi connectivity index (χ4v) is 5.47. The van der Waals surface area contributed by atoms with E-state index in [-0.39, 0.29) is 11.5 Å². The molecule has 0 aromatic heterocycles. The second-order valence-electron chi connectivity index (χ2n) is 8.47. The molecule has 0 fully saturated rings. The fourth-order valence-electron chi connectivity index (χ4n) is 5.47. The molecule has 5 aromatic rings. The number of fused-ring (bicyclic) bond motifs is 6. The molecule has 3 nitrogen and oxygen atoms in total. The Bertz CT molecular complexity index is 1610. The summed E-state index contributed by atoms with van der Waals surface area (Å²) < 4.78 is 6.25. The number of hydrogen-bond acceptors (Lipinski definition) is 3. The van der Waals surface area contributed by atoms with E-state index in [1.165, 1.54) is 16.7 Å². The second kappa shape index (κ2) is 5.58. The van der Waals surface area contributed by atoms with Crippen molar-refractivity contribution in [2.75, 3.05) is 0 Å². The van der Waals surface area contributed by atoms with Gasteiger partial charge < -0.3 is 14.9 Å². The van der Waals surface area contributed by atoms with Crippen LogP contribution >= 0.6 is 0 Å². The molecule has 31 heavy (non-hydrogen) atoms. The highest BCUT2D eigenvalue weighted by molar-refractivity contribution is 6.26. The summed E-state index contributed by atoms with van der Waals surface area (Å²) in [5.74, 6) is 1.87. The first-order valence-corrected chi connectivity index (χ1v) is 10.4. The van der Waals surface area contributed by atoms with Crippen LogP contribution in [-0.2, 0) is 6.42 Å². The molecule has 7 rings (SSSR count). The van der Waals surface area contributed by atoms with Crippen LogP contribution in [0.5, 0.6) is 23.0 Å². The van der Waals surface area contributed by atoms with Gasteiger partial charge in [-0.15, -0.1) is 0 Å². The van der Waals surface area contributed by atoms with E-state index in [4.69, 9.17) is 4.74 Å². The monoisotopic (exact) mass is 402 g/mol. The van der Waals surface area contributed by atoms with Crippen LogP contribution < -0.4 is 4.74 Å². The van der Waals surface area contributed by atoms with Gasteiger partial charge in [-0.05, 0) is 75.5 Å². The number of para-hydroxylation sites is 1. The molecule has 1 aliphatic carbocycles. The molecule has 0 atom stereocenters. The highest BCUT2D eigenvalue weighted by Crippen LogP contribution is 2.57. The van der Waals surface area contributed by atoms with Crippen molar-refractivity contribution < 1.29 is 14.9 Å². The molecule has 0 bridgehead atoms. The fraction of sp³-hybridized carbons (Fsp3) is 0.0714. The van der Waals surface area contributed by atoms with E-state index < -0.39 is 0 Å². The van der Waals surface area contributed by atoms with E-state index in [0.29, 0.717) is 5.75 Å². The van der Waals surface area contributed by atoms with Crippen LogP contribution in [-0.4, -0.2) is 10.2 Å². The number of phenolic OH excluding ortho intramolecular Hbond substituents is 2. The van der Waals surface area contributed by atoms with Crippen molar-refractivity contribution in [3.63, 3.8) is 0 Å². The van der Waals surface area contributed by atoms with E-state index >= 15 is 0 Å². The molecule has 0 saturated carbocycles. The molecule has 5 aromatic carbocycles. The molecule has 1 aliphatic heterocycles. The summed E-state index contributed by atoms with van der Waals surface area (Å²) in [5, 5.41) is 25.3. The first-order valence-electron chi connectivity index (χ1n) is 10.4. The Hall–Kier alpha value is -3.98. The van der Waals surface area contributed by atoms with Gasteiger partial charge in [-0.1, -0.05) is 42.5 Å². The zero-order chi connectivity index (χ0) is 20.9. The van der Waals surface area contributed by atoms with Crippen LogP contribution in [0.2, 0.25) is 0 Å². The lowest BCUT2D eigenvalue weighted by molar-refractivity contribution is 0.458. The maximum atomic E-state index is 10.8. The van der Waals surface area contributed by atoms with Gasteiger partial charge >= 0.3 is 0 Å². The summed E-state index contributed by atoms with van der Waals surface area (Å²) >= 11 is 0. The van der Waals surface area contributed by atoms with Crippen LogP contribution in [0.3, 0.4) is 0 Å². The van der Waals surface area contributed by atoms with E-state index in [0.717, 1.165) is 56.0 Å². The summed E-state index contributed by atoms with van der Waals surface area (Å²) in [4.78, 5) is 0. The molecule has 1 heterocycles. The van der Waals surface area contributed by atoms with E-state index in [9.17, 15) is 10.2 Å². The van der Waals surface area contributed by atoms with Crippen molar-refractivity contribution in [3.8, 4) is 45.3 Å². The van der Waals surface area contributed by atoms with Gasteiger partial charge in [0.2, 0.25) is 0 Å². The Kier molecular flexibility index (Phi) is 3.02. The minimum Gasteiger partial charge on any atom is -0.508 e. The Balaban J connectivity index is 1.85. The van der Waals surface area contributed by atoms with Crippen LogP contribution in [0.15, 0.2) is 66.7 Å². The molecule has 0 spiro atoms. The van der Waals surface area contributed by atoms with Gasteiger partial charge in [0.15, 0.2) is 0 Å². The van der Waals surface area contributed by atoms with Crippen LogP contribution in [0.25, 0.3) is 43.8 Å². The minimum absolute atomic E-state index is 0.154. The van der Waals surface area contributed by atoms with Crippen molar-refractivity contribution in [2.45, 2.75) is 13.3 Å². The number of aromatic hydroxyl groups is 2. The molecule has 0 unspecified atom stereocenters. The quantitative estimate of drug-likeness (QED) is 0.267. The number of hydrogen-bond donors (Lipinski definition) is 2. The average molecular weight is 402 g/mol. The second-order valence-corrected chi connectivity index (χ2v) is 8.47. The Labute approximate surface area is 178 Å². The third kappa shape index (κ3) is 2.03. The summed E-state index contributed by atoms with van der Waals surface area (Å²) in [6.07, 6.45) is 0.772. The predicted molar refractivity (Wildman–Crippen MR) is 123 cm³/mol. The first-order chi connectivity index (χ1) is 15.1. The van der Waals surface area contributed by atoms with Crippen molar-refractivity contribution >= 4 is 21.5 Å². The van der Waals surface area contributed by atoms with Gasteiger partial charge in [0.05, 0.1) is 0 Å². The van der Waals surface area contributed by atoms with E-state index in [1.54, 1.807) is 12.1 Å². The van der Waals surface area contributed by atoms with Crippen molar-refractivity contribution in [1.29, 1.82) is 0 Å². The lowest BCUT2D eigenvalue weighted by Crippen LogP contribution is -2.07. The molecule has 0 radical (unpaired) electrons. The third-order valence-corrected chi connectivity index (χ3v) is 6.85. The first kappa shape index (κ1) is 16.8. The number of phenols is 2. The number of benzene rings is 5. The Morgan fingerprint density at radius 1 is 0.742 bits per heavy atom. The van der Waals surface area contributed by atoms with Crippen LogP contribution in [0, 0.1) is 6.92 Å². The van der Waals surface area contributed by atoms with Crippen molar-refractivity contribution in [2.24, 2.45) is 0 Å². The molecule has 148 valence electrons. The lowest BCUT2D eigenvalue weighted by atomic mass is 9.75. The Morgan fingerprint density at radius 2 is 1.45 bits per heavy atom. The number of rotatable bonds is 0. The largest absolute Gasteiger partial charge is 0.508 e. The third-order valence-electron chi connectivity index (χ3n) is 6.85. The lowest BCUT2D eigenvalue weighted by Gasteiger charge is -2.30. The highest BCUT2D eigenvalue weighted by atomic mass is 16.5. The smallest absolute Gasteiger partial charge is 0.139 e. The molecular weight excluding hydrogens is 384 g/mol. The maximum Gasteiger partial charge on any atom is 0.139 e. The maximum absolute atomic E-state index is 10.8. The van der Waals surface area contributed by atoms with Crippen LogP contribution in [0.1, 0.15) is 16.7 Å². The predicted octanol–water partition coefficient (Wildman–Crippen LogP) is 7.06. The summed E-state index contributed by atoms with van der Waals surface area (Å²) in [5.41, 5.74) is 7.91. The minimum atomic E-state index is 0.154. The zero-order valence-corrected chi connectivity index (χ0v) is 16.9. The van der Waals surface area contributed by atoms with Gasteiger partial charge in [0, 0.05) is 22.6 Å². The highest BCUT2D eigenvalue weighted by Gasteiger charge is 2.31. The van der Waals surface area contributed by atoms with Gasteiger partial charge in [-0.3, -0.25) is 0 Å². The molecule has 3 heteroatoms. The van der Waals surface area contributed by atoms with Crippen molar-refractivity contribution in [3.05, 3.63) is 83.4 Å². The standard InChI is InChI=1S/C28H18O3/c1-14-19-10-15-6-2-3-7-17(15)27-25(19)21(13-22(14)30)20-11-16(29)12-24-26(20)28(27)18-8-4-5-9-23(18)31-24/h2-9,11-13,29-30H,10H2,1H3. The molecule has 2 aliphatic rings. The SMILES string of the molecule is Cc1c(O)cc2c3c1Cc1ccccc1-c3c1c3c(cc(O)cc32)Oc2ccccc2-1. The van der Waals surface area contributed by atoms with Crippen molar-refractivity contribution in [1.82, 2.24) is 0 Å². The topological polar surface area (TPSA) is 49.7 Å². The van der Waals surface area contributed by atoms with E-state index in [1.807, 2.05) is 31.2 Å². The van der Waals surface area contributed by atoms with E-state index in [2.05, 4.69) is 30.3 Å². The van der Waals surface area contributed by atoms with Gasteiger partial charge in [-0.25, -0.2) is 0 Å². The molecule has 0 saturated heterocycles. The average Bonchev–Trinajstić information content (AvgIpc) is 2.78. The Morgan fingerprint density at radius 3 is 2.32 bits per heavy atom. The van der Waals surface area contributed by atoms with Gasteiger partial charge in [0.1, 0.15) is 23.0 Å². The molecular formula is C28H18O3. The van der Waals surface area contributed by atoms with Gasteiger partial charge in [0.25, 0.3) is 0 Å². The van der Waals surface area contributed by atoms with Crippen LogP contribution in [0.4, 0.5) is 0 Å². The summed E-state index contributed by atoms with van der Waals surface area (Å²) in [6.45, 7) is 1.99. The van der Waals surface area contributed by atoms with Gasteiger partial charge in [-0.2, -0.15) is 0 Å². The normalized spacial score (nSPS) is 13.1. The molecule has 0 amide bonds. The molecule has 2 N–H and O–H groups in total. The number of ether oxygens (including phenoxy) is 1. The zero-order valence-electron chi connectivity index (χ0n) is 16.9.